The lowest BCUT2D eigenvalue weighted by molar-refractivity contribution is 0.210. The van der Waals surface area contributed by atoms with Crippen LogP contribution in [0.5, 0.6) is 5.75 Å². The van der Waals surface area contributed by atoms with E-state index in [-0.39, 0.29) is 6.10 Å². The van der Waals surface area contributed by atoms with E-state index in [4.69, 9.17) is 17.0 Å². The lowest BCUT2D eigenvalue weighted by Gasteiger charge is -2.16. The van der Waals surface area contributed by atoms with Crippen molar-refractivity contribution in [2.24, 2.45) is 0 Å². The molecular formula is C14H17N3OS. The maximum atomic E-state index is 5.95. The molecule has 19 heavy (non-hydrogen) atoms. The van der Waals surface area contributed by atoms with Crippen molar-refractivity contribution in [3.8, 4) is 5.75 Å². The van der Waals surface area contributed by atoms with Crippen LogP contribution in [0.25, 0.3) is 0 Å². The summed E-state index contributed by atoms with van der Waals surface area (Å²) in [6.45, 7) is 8.31. The summed E-state index contributed by atoms with van der Waals surface area (Å²) in [6, 6.07) is 7.91. The summed E-state index contributed by atoms with van der Waals surface area (Å²) in [5.74, 6) is 1.63. The molecule has 0 radical (unpaired) electrons. The summed E-state index contributed by atoms with van der Waals surface area (Å²) in [7, 11) is 0. The highest BCUT2D eigenvalue weighted by Gasteiger charge is 2.15. The van der Waals surface area contributed by atoms with Gasteiger partial charge in [-0.05, 0) is 37.7 Å². The van der Waals surface area contributed by atoms with Crippen molar-refractivity contribution in [1.29, 1.82) is 0 Å². The minimum Gasteiger partial charge on any atom is -0.482 e. The topological polar surface area (TPSA) is 42.8 Å². The molecule has 0 fully saturated rings. The van der Waals surface area contributed by atoms with Crippen LogP contribution in [0, 0.1) is 11.7 Å². The summed E-state index contributed by atoms with van der Waals surface area (Å²) < 4.78 is 8.41. The van der Waals surface area contributed by atoms with Gasteiger partial charge in [-0.3, -0.25) is 9.67 Å². The molecule has 4 nitrogen and oxygen atoms in total. The first-order valence-corrected chi connectivity index (χ1v) is 6.52. The van der Waals surface area contributed by atoms with Gasteiger partial charge in [-0.1, -0.05) is 24.3 Å². The van der Waals surface area contributed by atoms with E-state index in [1.54, 1.807) is 6.08 Å². The van der Waals surface area contributed by atoms with Gasteiger partial charge in [0.25, 0.3) is 0 Å². The number of allylic oxidation sites excluding steroid dienone is 1. The van der Waals surface area contributed by atoms with Crippen LogP contribution in [0.2, 0.25) is 0 Å². The van der Waals surface area contributed by atoms with Gasteiger partial charge in [-0.25, -0.2) is 0 Å². The van der Waals surface area contributed by atoms with Crippen LogP contribution < -0.4 is 4.74 Å². The molecule has 1 aromatic heterocycles. The van der Waals surface area contributed by atoms with Gasteiger partial charge in [-0.15, -0.1) is 6.58 Å². The number of aryl methyl sites for hydroxylation is 1. The minimum absolute atomic E-state index is 0.186. The Bertz CT molecular complexity index is 630. The number of hydrogen-bond donors (Lipinski definition) is 1. The molecular weight excluding hydrogens is 258 g/mol. The standard InChI is InChI=1S/C14H17N3OS/c1-4-9-17-13(15-16-14(17)19)11(3)18-12-8-6-5-7-10(12)2/h4-8,11H,1,9H2,2-3H3,(H,16,19)/t11-/m0/s1. The van der Waals surface area contributed by atoms with E-state index < -0.39 is 0 Å². The number of nitrogens with zero attached hydrogens (tertiary/aromatic N) is 2. The van der Waals surface area contributed by atoms with E-state index in [2.05, 4.69) is 16.8 Å². The maximum absolute atomic E-state index is 5.95. The third-order valence-electron chi connectivity index (χ3n) is 2.86. The largest absolute Gasteiger partial charge is 0.482 e. The van der Waals surface area contributed by atoms with E-state index in [0.29, 0.717) is 11.3 Å². The summed E-state index contributed by atoms with van der Waals surface area (Å²) in [5.41, 5.74) is 1.10. The second kappa shape index (κ2) is 5.84. The van der Waals surface area contributed by atoms with E-state index in [1.807, 2.05) is 42.7 Å². The highest BCUT2D eigenvalue weighted by Crippen LogP contribution is 2.23. The average molecular weight is 275 g/mol. The van der Waals surface area contributed by atoms with Crippen LogP contribution >= 0.6 is 12.2 Å². The summed E-state index contributed by atoms with van der Waals surface area (Å²) in [4.78, 5) is 0. The zero-order valence-electron chi connectivity index (χ0n) is 11.1. The Morgan fingerprint density at radius 2 is 2.26 bits per heavy atom. The number of aromatic nitrogens is 3. The van der Waals surface area contributed by atoms with Crippen LogP contribution in [-0.2, 0) is 6.54 Å². The number of aromatic amines is 1. The van der Waals surface area contributed by atoms with E-state index >= 15 is 0 Å². The molecule has 5 heteroatoms. The molecule has 100 valence electrons. The van der Waals surface area contributed by atoms with Crippen molar-refractivity contribution in [3.63, 3.8) is 0 Å². The molecule has 2 aromatic rings. The average Bonchev–Trinajstić information content (AvgIpc) is 2.75. The van der Waals surface area contributed by atoms with Gasteiger partial charge in [0, 0.05) is 6.54 Å². The van der Waals surface area contributed by atoms with Crippen molar-refractivity contribution in [2.45, 2.75) is 26.5 Å². The second-order valence-corrected chi connectivity index (χ2v) is 4.70. The molecule has 1 atom stereocenters. The first-order chi connectivity index (χ1) is 9.13. The Kier molecular flexibility index (Phi) is 4.16. The van der Waals surface area contributed by atoms with Crippen molar-refractivity contribution in [1.82, 2.24) is 14.8 Å². The predicted octanol–water partition coefficient (Wildman–Crippen LogP) is 3.58. The molecule has 1 heterocycles. The van der Waals surface area contributed by atoms with Gasteiger partial charge in [0.2, 0.25) is 0 Å². The van der Waals surface area contributed by atoms with Gasteiger partial charge >= 0.3 is 0 Å². The lowest BCUT2D eigenvalue weighted by atomic mass is 10.2. The fraction of sp³-hybridized carbons (Fsp3) is 0.286. The van der Waals surface area contributed by atoms with Gasteiger partial charge in [-0.2, -0.15) is 5.10 Å². The quantitative estimate of drug-likeness (QED) is 0.670. The molecule has 0 bridgehead atoms. The normalized spacial score (nSPS) is 12.1. The second-order valence-electron chi connectivity index (χ2n) is 4.31. The summed E-state index contributed by atoms with van der Waals surface area (Å²) in [6.07, 6.45) is 1.60. The maximum Gasteiger partial charge on any atom is 0.195 e. The smallest absolute Gasteiger partial charge is 0.195 e. The zero-order chi connectivity index (χ0) is 13.8. The van der Waals surface area contributed by atoms with Crippen LogP contribution in [0.4, 0.5) is 0 Å². The molecule has 0 aliphatic heterocycles. The fourth-order valence-corrected chi connectivity index (χ4v) is 2.09. The Hall–Kier alpha value is -1.88. The summed E-state index contributed by atoms with van der Waals surface area (Å²) in [5, 5.41) is 7.02. The van der Waals surface area contributed by atoms with Crippen molar-refractivity contribution >= 4 is 12.2 Å². The zero-order valence-corrected chi connectivity index (χ0v) is 11.9. The van der Waals surface area contributed by atoms with Crippen molar-refractivity contribution in [2.75, 3.05) is 0 Å². The Labute approximate surface area is 117 Å². The molecule has 0 saturated heterocycles. The number of para-hydroxylation sites is 1. The highest BCUT2D eigenvalue weighted by atomic mass is 32.1. The van der Waals surface area contributed by atoms with Gasteiger partial charge in [0.1, 0.15) is 5.75 Å². The van der Waals surface area contributed by atoms with E-state index in [9.17, 15) is 0 Å². The highest BCUT2D eigenvalue weighted by molar-refractivity contribution is 7.71. The first-order valence-electron chi connectivity index (χ1n) is 6.11. The minimum atomic E-state index is -0.186. The Morgan fingerprint density at radius 3 is 2.95 bits per heavy atom. The van der Waals surface area contributed by atoms with Gasteiger partial charge < -0.3 is 4.74 Å². The third kappa shape index (κ3) is 2.93. The van der Waals surface area contributed by atoms with Crippen molar-refractivity contribution < 1.29 is 4.74 Å². The SMILES string of the molecule is C=CCn1c([C@H](C)Oc2ccccc2C)n[nH]c1=S. The van der Waals surface area contributed by atoms with Crippen LogP contribution in [0.1, 0.15) is 24.4 Å². The number of benzene rings is 1. The molecule has 2 rings (SSSR count). The number of H-pyrrole nitrogens is 1. The molecule has 0 unspecified atom stereocenters. The van der Waals surface area contributed by atoms with E-state index in [1.165, 1.54) is 0 Å². The molecule has 0 spiro atoms. The first kappa shape index (κ1) is 13.5. The third-order valence-corrected chi connectivity index (χ3v) is 3.17. The van der Waals surface area contributed by atoms with Crippen LogP contribution in [0.3, 0.4) is 0 Å². The Balaban J connectivity index is 2.25. The Morgan fingerprint density at radius 1 is 1.53 bits per heavy atom. The fourth-order valence-electron chi connectivity index (χ4n) is 1.88. The number of hydrogen-bond acceptors (Lipinski definition) is 3. The molecule has 0 saturated carbocycles. The van der Waals surface area contributed by atoms with Crippen LogP contribution in [-0.4, -0.2) is 14.8 Å². The monoisotopic (exact) mass is 275 g/mol. The number of nitrogens with one attached hydrogen (secondary N) is 1. The molecule has 1 N–H and O–H groups in total. The molecule has 0 aliphatic carbocycles. The van der Waals surface area contributed by atoms with Gasteiger partial charge in [0.05, 0.1) is 0 Å². The molecule has 0 amide bonds. The number of rotatable bonds is 5. The van der Waals surface area contributed by atoms with Crippen LogP contribution in [0.15, 0.2) is 36.9 Å². The molecule has 1 aromatic carbocycles. The van der Waals surface area contributed by atoms with Crippen molar-refractivity contribution in [3.05, 3.63) is 53.1 Å². The molecule has 0 aliphatic rings. The van der Waals surface area contributed by atoms with E-state index in [0.717, 1.165) is 17.1 Å². The summed E-state index contributed by atoms with van der Waals surface area (Å²) >= 11 is 5.19. The number of ether oxygens (including phenoxy) is 1. The predicted molar refractivity (Wildman–Crippen MR) is 77.8 cm³/mol. The lowest BCUT2D eigenvalue weighted by Crippen LogP contribution is -2.12. The van der Waals surface area contributed by atoms with Gasteiger partial charge in [0.15, 0.2) is 16.7 Å².